The Morgan fingerprint density at radius 2 is 1.87 bits per heavy atom. The Morgan fingerprint density at radius 1 is 1.09 bits per heavy atom. The molecule has 116 valence electrons. The molecule has 0 radical (unpaired) electrons. The van der Waals surface area contributed by atoms with E-state index in [2.05, 4.69) is 0 Å². The number of ketones is 1. The molecule has 0 spiro atoms. The number of carbonyl (C=O) groups excluding carboxylic acids is 2. The third-order valence-electron chi connectivity index (χ3n) is 4.09. The minimum atomic E-state index is -0.0458. The first-order valence-electron chi connectivity index (χ1n) is 7.83. The lowest BCUT2D eigenvalue weighted by atomic mass is 9.98. The Hall–Kier alpha value is -2.68. The molecule has 1 amide bonds. The monoisotopic (exact) mass is 305 g/mol. The number of fused-ring (bicyclic) bond motifs is 1. The zero-order valence-corrected chi connectivity index (χ0v) is 13.2. The zero-order valence-electron chi connectivity index (χ0n) is 13.2. The molecule has 0 bridgehead atoms. The van der Waals surface area contributed by atoms with E-state index in [4.69, 9.17) is 0 Å². The number of hydrogen-bond acceptors (Lipinski definition) is 2. The van der Waals surface area contributed by atoms with Crippen LogP contribution in [0.2, 0.25) is 0 Å². The van der Waals surface area contributed by atoms with Crippen molar-refractivity contribution in [3.63, 3.8) is 0 Å². The quantitative estimate of drug-likeness (QED) is 0.637. The van der Waals surface area contributed by atoms with Gasteiger partial charge in [0.25, 0.3) is 5.91 Å². The van der Waals surface area contributed by atoms with Gasteiger partial charge in [0.15, 0.2) is 5.78 Å². The van der Waals surface area contributed by atoms with Gasteiger partial charge in [-0.25, -0.2) is 0 Å². The predicted molar refractivity (Wildman–Crippen MR) is 92.6 cm³/mol. The highest BCUT2D eigenvalue weighted by atomic mass is 16.2. The molecule has 1 heterocycles. The summed E-state index contributed by atoms with van der Waals surface area (Å²) in [7, 11) is 0. The fourth-order valence-corrected chi connectivity index (χ4v) is 2.84. The summed E-state index contributed by atoms with van der Waals surface area (Å²) in [5.74, 6) is -0.0268. The Labute approximate surface area is 136 Å². The summed E-state index contributed by atoms with van der Waals surface area (Å²) in [4.78, 5) is 25.9. The molecule has 0 N–H and O–H groups in total. The van der Waals surface area contributed by atoms with Crippen molar-refractivity contribution in [2.75, 3.05) is 11.4 Å². The van der Waals surface area contributed by atoms with Crippen LogP contribution in [0.15, 0.2) is 54.6 Å². The summed E-state index contributed by atoms with van der Waals surface area (Å²) in [5.41, 5.74) is 3.64. The van der Waals surface area contributed by atoms with Gasteiger partial charge in [-0.2, -0.15) is 0 Å². The lowest BCUT2D eigenvalue weighted by Gasteiger charge is -2.29. The largest absolute Gasteiger partial charge is 0.309 e. The maximum Gasteiger partial charge on any atom is 0.250 e. The third-order valence-corrected chi connectivity index (χ3v) is 4.09. The second-order valence-electron chi connectivity index (χ2n) is 5.74. The summed E-state index contributed by atoms with van der Waals surface area (Å²) < 4.78 is 0. The van der Waals surface area contributed by atoms with Crippen LogP contribution in [0.4, 0.5) is 5.69 Å². The van der Waals surface area contributed by atoms with Gasteiger partial charge in [-0.1, -0.05) is 42.5 Å². The second-order valence-corrected chi connectivity index (χ2v) is 5.74. The summed E-state index contributed by atoms with van der Waals surface area (Å²) in [6.45, 7) is 2.23. The van der Waals surface area contributed by atoms with Gasteiger partial charge in [-0.15, -0.1) is 0 Å². The van der Waals surface area contributed by atoms with Crippen LogP contribution in [0.5, 0.6) is 0 Å². The van der Waals surface area contributed by atoms with Crippen molar-refractivity contribution in [1.29, 1.82) is 0 Å². The standard InChI is InChI=1S/C20H19NO2/c1-15(22)18-11-10-17-8-5-13-21(19(17)14-18)20(23)12-9-16-6-3-2-4-7-16/h2-4,6-7,9-12,14H,5,8,13H2,1H3/b12-9+. The van der Waals surface area contributed by atoms with Gasteiger partial charge in [-0.05, 0) is 43.0 Å². The maximum absolute atomic E-state index is 12.6. The molecule has 0 aliphatic carbocycles. The molecule has 0 fully saturated rings. The molecular formula is C20H19NO2. The van der Waals surface area contributed by atoms with Crippen molar-refractivity contribution in [3.05, 3.63) is 71.3 Å². The highest BCUT2D eigenvalue weighted by molar-refractivity contribution is 6.05. The lowest BCUT2D eigenvalue weighted by Crippen LogP contribution is -2.34. The lowest BCUT2D eigenvalue weighted by molar-refractivity contribution is -0.114. The van der Waals surface area contributed by atoms with E-state index in [-0.39, 0.29) is 11.7 Å². The van der Waals surface area contributed by atoms with Crippen LogP contribution in [-0.2, 0) is 11.2 Å². The molecule has 3 heteroatoms. The molecule has 1 aliphatic heterocycles. The van der Waals surface area contributed by atoms with Crippen LogP contribution < -0.4 is 4.90 Å². The smallest absolute Gasteiger partial charge is 0.250 e. The summed E-state index contributed by atoms with van der Waals surface area (Å²) >= 11 is 0. The van der Waals surface area contributed by atoms with E-state index in [0.717, 1.165) is 29.7 Å². The number of Topliss-reactive ketones (excluding diaryl/α,β-unsaturated/α-hetero) is 1. The van der Waals surface area contributed by atoms with Crippen LogP contribution in [0.3, 0.4) is 0 Å². The first kappa shape index (κ1) is 15.2. The van der Waals surface area contributed by atoms with Gasteiger partial charge in [0.1, 0.15) is 0 Å². The molecular weight excluding hydrogens is 286 g/mol. The normalized spacial score (nSPS) is 13.9. The Balaban J connectivity index is 1.87. The van der Waals surface area contributed by atoms with Crippen LogP contribution in [-0.4, -0.2) is 18.2 Å². The zero-order chi connectivity index (χ0) is 16.2. The van der Waals surface area contributed by atoms with Gasteiger partial charge in [0, 0.05) is 23.9 Å². The molecule has 0 atom stereocenters. The summed E-state index contributed by atoms with van der Waals surface area (Å²) in [6, 6.07) is 15.4. The topological polar surface area (TPSA) is 37.4 Å². The van der Waals surface area contributed by atoms with Gasteiger partial charge in [0.05, 0.1) is 0 Å². The van der Waals surface area contributed by atoms with Gasteiger partial charge < -0.3 is 4.90 Å². The fourth-order valence-electron chi connectivity index (χ4n) is 2.84. The van der Waals surface area contributed by atoms with E-state index in [1.165, 1.54) is 0 Å². The number of carbonyl (C=O) groups is 2. The summed E-state index contributed by atoms with van der Waals surface area (Å²) in [5, 5.41) is 0. The van der Waals surface area contributed by atoms with E-state index < -0.39 is 0 Å². The Morgan fingerprint density at radius 3 is 2.61 bits per heavy atom. The number of amides is 1. The molecule has 0 unspecified atom stereocenters. The van der Waals surface area contributed by atoms with Crippen molar-refractivity contribution < 1.29 is 9.59 Å². The number of benzene rings is 2. The van der Waals surface area contributed by atoms with Crippen LogP contribution in [0, 0.1) is 0 Å². The number of anilines is 1. The molecule has 2 aromatic carbocycles. The van der Waals surface area contributed by atoms with Gasteiger partial charge in [-0.3, -0.25) is 9.59 Å². The molecule has 3 nitrogen and oxygen atoms in total. The minimum absolute atomic E-state index is 0.0191. The van der Waals surface area contributed by atoms with Crippen molar-refractivity contribution in [1.82, 2.24) is 0 Å². The molecule has 0 saturated carbocycles. The van der Waals surface area contributed by atoms with Crippen molar-refractivity contribution in [2.45, 2.75) is 19.8 Å². The molecule has 23 heavy (non-hydrogen) atoms. The van der Waals surface area contributed by atoms with E-state index >= 15 is 0 Å². The average molecular weight is 305 g/mol. The Kier molecular flexibility index (Phi) is 4.38. The van der Waals surface area contributed by atoms with Crippen LogP contribution >= 0.6 is 0 Å². The van der Waals surface area contributed by atoms with E-state index in [1.54, 1.807) is 17.9 Å². The Bertz CT molecular complexity index is 762. The minimum Gasteiger partial charge on any atom is -0.309 e. The second kappa shape index (κ2) is 6.61. The van der Waals surface area contributed by atoms with Gasteiger partial charge in [0.2, 0.25) is 0 Å². The molecule has 3 rings (SSSR count). The highest BCUT2D eigenvalue weighted by Crippen LogP contribution is 2.28. The third kappa shape index (κ3) is 3.39. The van der Waals surface area contributed by atoms with E-state index in [9.17, 15) is 9.59 Å². The van der Waals surface area contributed by atoms with E-state index in [0.29, 0.717) is 12.1 Å². The number of nitrogens with zero attached hydrogens (tertiary/aromatic N) is 1. The highest BCUT2D eigenvalue weighted by Gasteiger charge is 2.21. The van der Waals surface area contributed by atoms with Crippen molar-refractivity contribution >= 4 is 23.5 Å². The molecule has 1 aliphatic rings. The molecule has 0 saturated heterocycles. The maximum atomic E-state index is 12.6. The summed E-state index contributed by atoms with van der Waals surface area (Å²) in [6.07, 6.45) is 5.31. The number of aryl methyl sites for hydroxylation is 1. The van der Waals surface area contributed by atoms with E-state index in [1.807, 2.05) is 54.6 Å². The van der Waals surface area contributed by atoms with Crippen LogP contribution in [0.1, 0.15) is 34.8 Å². The number of rotatable bonds is 3. The molecule has 0 aromatic heterocycles. The molecule has 2 aromatic rings. The van der Waals surface area contributed by atoms with Gasteiger partial charge >= 0.3 is 0 Å². The van der Waals surface area contributed by atoms with Crippen LogP contribution in [0.25, 0.3) is 6.08 Å². The first-order valence-corrected chi connectivity index (χ1v) is 7.83. The first-order chi connectivity index (χ1) is 11.1. The van der Waals surface area contributed by atoms with Crippen molar-refractivity contribution in [2.24, 2.45) is 0 Å². The van der Waals surface area contributed by atoms with Crippen molar-refractivity contribution in [3.8, 4) is 0 Å². The number of hydrogen-bond donors (Lipinski definition) is 0. The predicted octanol–water partition coefficient (Wildman–Crippen LogP) is 3.88. The SMILES string of the molecule is CC(=O)c1ccc2c(c1)N(C(=O)/C=C/c1ccccc1)CCC2. The average Bonchev–Trinajstić information content (AvgIpc) is 2.59. The fraction of sp³-hybridized carbons (Fsp3) is 0.200.